The Labute approximate surface area is 96.9 Å². The average molecular weight is 210 g/mol. The van der Waals surface area contributed by atoms with Crippen LogP contribution in [0.3, 0.4) is 0 Å². The molecule has 1 atom stereocenters. The van der Waals surface area contributed by atoms with Crippen LogP contribution in [0.5, 0.6) is 0 Å². The monoisotopic (exact) mass is 210 g/mol. The summed E-state index contributed by atoms with van der Waals surface area (Å²) in [6.45, 7) is 0. The molecule has 0 saturated heterocycles. The number of hydrogen-bond acceptors (Lipinski definition) is 0. The Balaban J connectivity index is 1.92. The van der Waals surface area contributed by atoms with Crippen molar-refractivity contribution < 1.29 is 0 Å². The maximum Gasteiger partial charge on any atom is 0.0465 e. The quantitative estimate of drug-likeness (QED) is 0.735. The molecule has 81 valence electrons. The highest BCUT2D eigenvalue weighted by molar-refractivity contribution is 5.19. The topological polar surface area (TPSA) is 23.8 Å². The van der Waals surface area contributed by atoms with Gasteiger partial charge in [-0.15, -0.1) is 0 Å². The van der Waals surface area contributed by atoms with Crippen molar-refractivity contribution in [1.29, 1.82) is 0 Å². The third kappa shape index (κ3) is 2.94. The van der Waals surface area contributed by atoms with E-state index < -0.39 is 0 Å². The van der Waals surface area contributed by atoms with Gasteiger partial charge in [-0.25, -0.2) is 5.73 Å². The summed E-state index contributed by atoms with van der Waals surface area (Å²) in [6, 6.07) is 20.3. The second kappa shape index (κ2) is 5.47. The summed E-state index contributed by atoms with van der Waals surface area (Å²) in [4.78, 5) is 0. The lowest BCUT2D eigenvalue weighted by atomic mass is 10.00. The van der Waals surface area contributed by atoms with Gasteiger partial charge in [0.2, 0.25) is 0 Å². The molecular formula is C15H16N. The van der Waals surface area contributed by atoms with Crippen LogP contribution in [0.1, 0.15) is 23.6 Å². The molecule has 0 aliphatic rings. The predicted octanol–water partition coefficient (Wildman–Crippen LogP) is 3.64. The molecule has 1 unspecified atom stereocenters. The molecule has 2 aromatic carbocycles. The van der Waals surface area contributed by atoms with Gasteiger partial charge < -0.3 is 0 Å². The molecule has 1 heteroatoms. The van der Waals surface area contributed by atoms with Crippen molar-refractivity contribution in [2.24, 2.45) is 0 Å². The summed E-state index contributed by atoms with van der Waals surface area (Å²) in [5.74, 6) is 0. The fourth-order valence-electron chi connectivity index (χ4n) is 1.81. The minimum Gasteiger partial charge on any atom is -0.250 e. The van der Waals surface area contributed by atoms with Gasteiger partial charge in [0.1, 0.15) is 0 Å². The Morgan fingerprint density at radius 1 is 0.812 bits per heavy atom. The first-order valence-electron chi connectivity index (χ1n) is 5.66. The fourth-order valence-corrected chi connectivity index (χ4v) is 1.81. The molecule has 0 aromatic heterocycles. The summed E-state index contributed by atoms with van der Waals surface area (Å²) in [5, 5.41) is 0. The first kappa shape index (κ1) is 10.9. The SMILES string of the molecule is [NH]C(CCc1ccccc1)c1ccccc1. The zero-order chi connectivity index (χ0) is 11.2. The number of benzene rings is 2. The molecule has 0 aliphatic heterocycles. The fraction of sp³-hybridized carbons (Fsp3) is 0.200. The Morgan fingerprint density at radius 2 is 1.38 bits per heavy atom. The third-order valence-corrected chi connectivity index (χ3v) is 2.77. The van der Waals surface area contributed by atoms with Crippen molar-refractivity contribution in [3.05, 3.63) is 71.8 Å². The van der Waals surface area contributed by atoms with E-state index >= 15 is 0 Å². The maximum atomic E-state index is 8.06. The minimum atomic E-state index is -0.110. The molecule has 1 radical (unpaired) electrons. The van der Waals surface area contributed by atoms with Crippen molar-refractivity contribution in [3.63, 3.8) is 0 Å². The van der Waals surface area contributed by atoms with Crippen molar-refractivity contribution >= 4 is 0 Å². The van der Waals surface area contributed by atoms with Gasteiger partial charge in [0, 0.05) is 6.04 Å². The van der Waals surface area contributed by atoms with Gasteiger partial charge in [-0.2, -0.15) is 0 Å². The molecular weight excluding hydrogens is 194 g/mol. The van der Waals surface area contributed by atoms with Gasteiger partial charge in [-0.05, 0) is 24.0 Å². The molecule has 0 aliphatic carbocycles. The molecule has 0 heterocycles. The number of rotatable bonds is 4. The second-order valence-electron chi connectivity index (χ2n) is 3.99. The highest BCUT2D eigenvalue weighted by Gasteiger charge is 2.05. The summed E-state index contributed by atoms with van der Waals surface area (Å²) in [5.41, 5.74) is 10.5. The third-order valence-electron chi connectivity index (χ3n) is 2.77. The number of hydrogen-bond donors (Lipinski definition) is 0. The van der Waals surface area contributed by atoms with E-state index in [0.29, 0.717) is 0 Å². The Hall–Kier alpha value is -1.60. The standard InChI is InChI=1S/C15H16N/c16-15(14-9-5-2-6-10-14)12-11-13-7-3-1-4-8-13/h1-10,15-16H,11-12H2. The van der Waals surface area contributed by atoms with E-state index in [2.05, 4.69) is 24.3 Å². The minimum absolute atomic E-state index is 0.110. The summed E-state index contributed by atoms with van der Waals surface area (Å²) in [6.07, 6.45) is 1.86. The van der Waals surface area contributed by atoms with Crippen LogP contribution < -0.4 is 5.73 Å². The van der Waals surface area contributed by atoms with E-state index in [4.69, 9.17) is 5.73 Å². The van der Waals surface area contributed by atoms with E-state index in [1.54, 1.807) is 0 Å². The van der Waals surface area contributed by atoms with Crippen LogP contribution in [0.2, 0.25) is 0 Å². The lowest BCUT2D eigenvalue weighted by molar-refractivity contribution is 0.633. The van der Waals surface area contributed by atoms with Crippen molar-refractivity contribution in [2.75, 3.05) is 0 Å². The highest BCUT2D eigenvalue weighted by Crippen LogP contribution is 2.17. The molecule has 0 fully saturated rings. The molecule has 2 rings (SSSR count). The summed E-state index contributed by atoms with van der Waals surface area (Å²) < 4.78 is 0. The molecule has 0 saturated carbocycles. The van der Waals surface area contributed by atoms with E-state index in [9.17, 15) is 0 Å². The van der Waals surface area contributed by atoms with Crippen LogP contribution in [-0.2, 0) is 6.42 Å². The molecule has 0 spiro atoms. The van der Waals surface area contributed by atoms with E-state index in [0.717, 1.165) is 18.4 Å². The van der Waals surface area contributed by atoms with Crippen LogP contribution in [0.4, 0.5) is 0 Å². The first-order chi connectivity index (χ1) is 7.86. The lowest BCUT2D eigenvalue weighted by Gasteiger charge is -2.10. The van der Waals surface area contributed by atoms with Gasteiger partial charge >= 0.3 is 0 Å². The van der Waals surface area contributed by atoms with Crippen molar-refractivity contribution in [2.45, 2.75) is 18.9 Å². The van der Waals surface area contributed by atoms with Gasteiger partial charge in [-0.1, -0.05) is 60.7 Å². The number of nitrogens with one attached hydrogen (secondary N) is 1. The van der Waals surface area contributed by atoms with Gasteiger partial charge in [-0.3, -0.25) is 0 Å². The van der Waals surface area contributed by atoms with E-state index in [1.807, 2.05) is 36.4 Å². The molecule has 16 heavy (non-hydrogen) atoms. The van der Waals surface area contributed by atoms with Crippen LogP contribution in [0, 0.1) is 0 Å². The van der Waals surface area contributed by atoms with Gasteiger partial charge in [0.05, 0.1) is 0 Å². The smallest absolute Gasteiger partial charge is 0.0465 e. The largest absolute Gasteiger partial charge is 0.250 e. The van der Waals surface area contributed by atoms with Crippen molar-refractivity contribution in [1.82, 2.24) is 5.73 Å². The first-order valence-corrected chi connectivity index (χ1v) is 5.66. The maximum absolute atomic E-state index is 8.06. The zero-order valence-corrected chi connectivity index (χ0v) is 9.27. The van der Waals surface area contributed by atoms with E-state index in [-0.39, 0.29) is 6.04 Å². The van der Waals surface area contributed by atoms with Crippen LogP contribution in [0.15, 0.2) is 60.7 Å². The van der Waals surface area contributed by atoms with Crippen molar-refractivity contribution in [3.8, 4) is 0 Å². The lowest BCUT2D eigenvalue weighted by Crippen LogP contribution is -2.01. The normalized spacial score (nSPS) is 12.3. The molecule has 2 aromatic rings. The van der Waals surface area contributed by atoms with Crippen LogP contribution in [0.25, 0.3) is 0 Å². The van der Waals surface area contributed by atoms with Gasteiger partial charge in [0.25, 0.3) is 0 Å². The van der Waals surface area contributed by atoms with E-state index in [1.165, 1.54) is 5.56 Å². The molecule has 0 amide bonds. The zero-order valence-electron chi connectivity index (χ0n) is 9.27. The summed E-state index contributed by atoms with van der Waals surface area (Å²) >= 11 is 0. The molecule has 0 bridgehead atoms. The van der Waals surface area contributed by atoms with Crippen LogP contribution >= 0.6 is 0 Å². The molecule has 1 N–H and O–H groups in total. The average Bonchev–Trinajstić information content (AvgIpc) is 2.38. The summed E-state index contributed by atoms with van der Waals surface area (Å²) in [7, 11) is 0. The van der Waals surface area contributed by atoms with Crippen LogP contribution in [-0.4, -0.2) is 0 Å². The molecule has 1 nitrogen and oxygen atoms in total. The Morgan fingerprint density at radius 3 is 2.00 bits per heavy atom. The predicted molar refractivity (Wildman–Crippen MR) is 67.0 cm³/mol. The Bertz CT molecular complexity index is 408. The highest BCUT2D eigenvalue weighted by atomic mass is 14.6. The second-order valence-corrected chi connectivity index (χ2v) is 3.99. The number of aryl methyl sites for hydroxylation is 1. The van der Waals surface area contributed by atoms with Gasteiger partial charge in [0.15, 0.2) is 0 Å². The Kier molecular flexibility index (Phi) is 3.73.